The average Bonchev–Trinajstić information content (AvgIpc) is 2.03. The van der Waals surface area contributed by atoms with Crippen LogP contribution in [-0.4, -0.2) is 11.1 Å². The van der Waals surface area contributed by atoms with Gasteiger partial charge in [0.1, 0.15) is 0 Å². The minimum Gasteiger partial charge on any atom is -0.478 e. The van der Waals surface area contributed by atoms with Crippen molar-refractivity contribution in [2.75, 3.05) is 0 Å². The molecule has 0 fully saturated rings. The molecule has 0 aliphatic carbocycles. The first-order chi connectivity index (χ1) is 5.70. The number of carboxylic acids is 1. The molecule has 0 radical (unpaired) electrons. The zero-order chi connectivity index (χ0) is 8.97. The van der Waals surface area contributed by atoms with Gasteiger partial charge in [-0.05, 0) is 17.7 Å². The third-order valence-corrected chi connectivity index (χ3v) is 2.03. The molecule has 1 N–H and O–H groups in total. The highest BCUT2D eigenvalue weighted by Crippen LogP contribution is 2.16. The van der Waals surface area contributed by atoms with Crippen molar-refractivity contribution in [1.82, 2.24) is 0 Å². The molecule has 0 bridgehead atoms. The summed E-state index contributed by atoms with van der Waals surface area (Å²) in [5, 5.41) is 8.36. The van der Waals surface area contributed by atoms with E-state index < -0.39 is 5.97 Å². The van der Waals surface area contributed by atoms with Gasteiger partial charge < -0.3 is 5.11 Å². The lowest BCUT2D eigenvalue weighted by Gasteiger charge is -1.94. The largest absolute Gasteiger partial charge is 0.478 e. The molecule has 0 aliphatic rings. The van der Waals surface area contributed by atoms with Crippen LogP contribution in [0.3, 0.4) is 0 Å². The van der Waals surface area contributed by atoms with Crippen LogP contribution in [-0.2, 0) is 4.79 Å². The van der Waals surface area contributed by atoms with Gasteiger partial charge in [-0.1, -0.05) is 34.1 Å². The molecule has 0 saturated carbocycles. The number of carbonyl (C=O) groups is 1. The van der Waals surface area contributed by atoms with Crippen LogP contribution in [0.25, 0.3) is 6.08 Å². The molecule has 0 aliphatic heterocycles. The number of aliphatic carboxylic acids is 1. The van der Waals surface area contributed by atoms with Crippen molar-refractivity contribution in [2.45, 2.75) is 0 Å². The van der Waals surface area contributed by atoms with Gasteiger partial charge in [0.2, 0.25) is 0 Å². The zero-order valence-corrected chi connectivity index (χ0v) is 7.78. The molecule has 2 nitrogen and oxygen atoms in total. The molecular formula is C9H7BrO2. The van der Waals surface area contributed by atoms with Crippen molar-refractivity contribution in [3.8, 4) is 0 Å². The standard InChI is InChI=1S/C9H7BrO2/c10-8-4-2-1-3-7(8)5-6-9(11)12/h1-6H,(H,11,12)/b6-5-. The Labute approximate surface area is 78.7 Å². The van der Waals surface area contributed by atoms with E-state index in [1.807, 2.05) is 24.3 Å². The Morgan fingerprint density at radius 2 is 2.08 bits per heavy atom. The van der Waals surface area contributed by atoms with E-state index >= 15 is 0 Å². The fraction of sp³-hybridized carbons (Fsp3) is 0. The van der Waals surface area contributed by atoms with Crippen LogP contribution < -0.4 is 0 Å². The van der Waals surface area contributed by atoms with Gasteiger partial charge in [0.05, 0.1) is 0 Å². The Bertz CT molecular complexity index is 318. The summed E-state index contributed by atoms with van der Waals surface area (Å²) in [6, 6.07) is 7.43. The van der Waals surface area contributed by atoms with Crippen molar-refractivity contribution in [3.05, 3.63) is 40.4 Å². The zero-order valence-electron chi connectivity index (χ0n) is 6.20. The van der Waals surface area contributed by atoms with Gasteiger partial charge in [-0.25, -0.2) is 4.79 Å². The van der Waals surface area contributed by atoms with Gasteiger partial charge in [-0.3, -0.25) is 0 Å². The maximum Gasteiger partial charge on any atom is 0.328 e. The summed E-state index contributed by atoms with van der Waals surface area (Å²) in [6.45, 7) is 0. The molecule has 0 saturated heterocycles. The average molecular weight is 227 g/mol. The van der Waals surface area contributed by atoms with E-state index in [0.717, 1.165) is 16.1 Å². The van der Waals surface area contributed by atoms with Crippen LogP contribution in [0.15, 0.2) is 34.8 Å². The lowest BCUT2D eigenvalue weighted by Crippen LogP contribution is -1.85. The third-order valence-electron chi connectivity index (χ3n) is 1.31. The fourth-order valence-corrected chi connectivity index (χ4v) is 1.19. The van der Waals surface area contributed by atoms with Gasteiger partial charge >= 0.3 is 5.97 Å². The van der Waals surface area contributed by atoms with E-state index in [9.17, 15) is 4.79 Å². The van der Waals surface area contributed by atoms with Crippen molar-refractivity contribution in [2.24, 2.45) is 0 Å². The number of hydrogen-bond donors (Lipinski definition) is 1. The minimum atomic E-state index is -0.939. The molecular weight excluding hydrogens is 220 g/mol. The Kier molecular flexibility index (Phi) is 3.05. The van der Waals surface area contributed by atoms with E-state index in [2.05, 4.69) is 15.9 Å². The molecule has 0 atom stereocenters. The van der Waals surface area contributed by atoms with Gasteiger partial charge in [0.15, 0.2) is 0 Å². The maximum atomic E-state index is 10.2. The summed E-state index contributed by atoms with van der Waals surface area (Å²) in [5.74, 6) is -0.939. The highest BCUT2D eigenvalue weighted by Gasteiger charge is 1.93. The van der Waals surface area contributed by atoms with E-state index in [4.69, 9.17) is 5.11 Å². The number of hydrogen-bond acceptors (Lipinski definition) is 1. The molecule has 1 aromatic rings. The second kappa shape index (κ2) is 4.07. The van der Waals surface area contributed by atoms with Crippen molar-refractivity contribution >= 4 is 28.0 Å². The highest BCUT2D eigenvalue weighted by atomic mass is 79.9. The monoisotopic (exact) mass is 226 g/mol. The number of rotatable bonds is 2. The van der Waals surface area contributed by atoms with Gasteiger partial charge in [-0.15, -0.1) is 0 Å². The molecule has 12 heavy (non-hydrogen) atoms. The van der Waals surface area contributed by atoms with Crippen LogP contribution in [0.2, 0.25) is 0 Å². The topological polar surface area (TPSA) is 37.3 Å². The summed E-state index contributed by atoms with van der Waals surface area (Å²) in [4.78, 5) is 10.2. The molecule has 3 heteroatoms. The number of benzene rings is 1. The van der Waals surface area contributed by atoms with Gasteiger partial charge in [0.25, 0.3) is 0 Å². The molecule has 1 aromatic carbocycles. The molecule has 0 heterocycles. The van der Waals surface area contributed by atoms with Crippen LogP contribution in [0.4, 0.5) is 0 Å². The fourth-order valence-electron chi connectivity index (χ4n) is 0.771. The lowest BCUT2D eigenvalue weighted by atomic mass is 10.2. The molecule has 62 valence electrons. The first-order valence-corrected chi connectivity index (χ1v) is 4.15. The molecule has 0 amide bonds. The first-order valence-electron chi connectivity index (χ1n) is 3.35. The summed E-state index contributed by atoms with van der Waals surface area (Å²) >= 11 is 3.30. The molecule has 0 unspecified atom stereocenters. The summed E-state index contributed by atoms with van der Waals surface area (Å²) in [5.41, 5.74) is 0.861. The quantitative estimate of drug-likeness (QED) is 0.788. The predicted molar refractivity (Wildman–Crippen MR) is 50.8 cm³/mol. The van der Waals surface area contributed by atoms with Crippen LogP contribution in [0.5, 0.6) is 0 Å². The van der Waals surface area contributed by atoms with E-state index in [0.29, 0.717) is 0 Å². The van der Waals surface area contributed by atoms with Crippen molar-refractivity contribution in [3.63, 3.8) is 0 Å². The first kappa shape index (κ1) is 9.00. The summed E-state index contributed by atoms with van der Waals surface area (Å²) in [7, 11) is 0. The van der Waals surface area contributed by atoms with Crippen molar-refractivity contribution < 1.29 is 9.90 Å². The normalized spacial score (nSPS) is 10.4. The van der Waals surface area contributed by atoms with E-state index in [-0.39, 0.29) is 0 Å². The Morgan fingerprint density at radius 1 is 1.42 bits per heavy atom. The van der Waals surface area contributed by atoms with Crippen LogP contribution in [0.1, 0.15) is 5.56 Å². The third kappa shape index (κ3) is 2.51. The van der Waals surface area contributed by atoms with Crippen LogP contribution in [0, 0.1) is 0 Å². The molecule has 0 spiro atoms. The molecule has 0 aromatic heterocycles. The lowest BCUT2D eigenvalue weighted by molar-refractivity contribution is -0.131. The maximum absolute atomic E-state index is 10.2. The summed E-state index contributed by atoms with van der Waals surface area (Å²) in [6.07, 6.45) is 2.66. The van der Waals surface area contributed by atoms with E-state index in [1.54, 1.807) is 6.08 Å². The van der Waals surface area contributed by atoms with E-state index in [1.165, 1.54) is 0 Å². The SMILES string of the molecule is O=C(O)/C=C\c1ccccc1Br. The van der Waals surface area contributed by atoms with Crippen molar-refractivity contribution in [1.29, 1.82) is 0 Å². The number of halogens is 1. The van der Waals surface area contributed by atoms with Crippen LogP contribution >= 0.6 is 15.9 Å². The van der Waals surface area contributed by atoms with Gasteiger partial charge in [-0.2, -0.15) is 0 Å². The number of carboxylic acid groups (broad SMARTS) is 1. The Balaban J connectivity index is 2.89. The predicted octanol–water partition coefficient (Wildman–Crippen LogP) is 2.55. The molecule has 1 rings (SSSR count). The van der Waals surface area contributed by atoms with Gasteiger partial charge in [0, 0.05) is 10.5 Å². The second-order valence-corrected chi connectivity index (χ2v) is 3.05. The highest BCUT2D eigenvalue weighted by molar-refractivity contribution is 9.10. The Morgan fingerprint density at radius 3 is 2.67 bits per heavy atom. The smallest absolute Gasteiger partial charge is 0.328 e. The summed E-state index contributed by atoms with van der Waals surface area (Å²) < 4.78 is 0.891. The second-order valence-electron chi connectivity index (χ2n) is 2.19. The minimum absolute atomic E-state index is 0.861. The Hall–Kier alpha value is -1.09.